The van der Waals surface area contributed by atoms with Gasteiger partial charge in [-0.1, -0.05) is 32.6 Å². The lowest BCUT2D eigenvalue weighted by molar-refractivity contribution is -0.129. The Labute approximate surface area is 123 Å². The third-order valence-electron chi connectivity index (χ3n) is 5.78. The van der Waals surface area contributed by atoms with Gasteiger partial charge in [-0.3, -0.25) is 4.79 Å². The maximum absolute atomic E-state index is 12.5. The van der Waals surface area contributed by atoms with Gasteiger partial charge in [-0.25, -0.2) is 0 Å². The summed E-state index contributed by atoms with van der Waals surface area (Å²) < 4.78 is 0. The lowest BCUT2D eigenvalue weighted by Crippen LogP contribution is -2.49. The number of carbonyl (C=O) groups is 1. The summed E-state index contributed by atoms with van der Waals surface area (Å²) in [6, 6.07) is 0. The number of hydrogen-bond donors (Lipinski definition) is 2. The molecule has 2 rings (SSSR count). The van der Waals surface area contributed by atoms with Gasteiger partial charge in [-0.2, -0.15) is 0 Å². The largest absolute Gasteiger partial charge is 0.396 e. The van der Waals surface area contributed by atoms with E-state index in [-0.39, 0.29) is 24.0 Å². The predicted octanol–water partition coefficient (Wildman–Crippen LogP) is 3.26. The summed E-state index contributed by atoms with van der Waals surface area (Å²) in [6.07, 6.45) is 10.4. The highest BCUT2D eigenvalue weighted by Gasteiger charge is 2.36. The fourth-order valence-corrected chi connectivity index (χ4v) is 4.09. The van der Waals surface area contributed by atoms with Gasteiger partial charge in [0.25, 0.3) is 0 Å². The summed E-state index contributed by atoms with van der Waals surface area (Å²) in [6.45, 7) is 4.27. The van der Waals surface area contributed by atoms with Gasteiger partial charge in [0.2, 0.25) is 5.91 Å². The Bertz CT molecular complexity index is 331. The third kappa shape index (κ3) is 3.75. The molecule has 20 heavy (non-hydrogen) atoms. The summed E-state index contributed by atoms with van der Waals surface area (Å²) in [5.74, 6) is 2.12. The maximum atomic E-state index is 12.5. The van der Waals surface area contributed by atoms with E-state index in [1.54, 1.807) is 0 Å². The van der Waals surface area contributed by atoms with E-state index in [2.05, 4.69) is 12.2 Å². The number of nitrogens with one attached hydrogen (secondary N) is 1. The Hall–Kier alpha value is -0.570. The number of fused-ring (bicyclic) bond motifs is 1. The van der Waals surface area contributed by atoms with Gasteiger partial charge in [-0.05, 0) is 50.9 Å². The fourth-order valence-electron chi connectivity index (χ4n) is 4.09. The zero-order valence-electron chi connectivity index (χ0n) is 13.2. The van der Waals surface area contributed by atoms with Crippen LogP contribution in [0.25, 0.3) is 0 Å². The maximum Gasteiger partial charge on any atom is 0.223 e. The highest BCUT2D eigenvalue weighted by molar-refractivity contribution is 5.79. The van der Waals surface area contributed by atoms with Crippen molar-refractivity contribution >= 4 is 5.91 Å². The molecule has 2 aliphatic carbocycles. The molecule has 2 saturated carbocycles. The van der Waals surface area contributed by atoms with Crippen LogP contribution < -0.4 is 5.32 Å². The van der Waals surface area contributed by atoms with Gasteiger partial charge in [-0.15, -0.1) is 0 Å². The SMILES string of the molecule is CCC(C)(CCO)NC(=O)C1CCC2CCCCC2C1. The first-order valence-corrected chi connectivity index (χ1v) is 8.51. The van der Waals surface area contributed by atoms with Gasteiger partial charge in [0.05, 0.1) is 0 Å². The van der Waals surface area contributed by atoms with Crippen molar-refractivity contribution < 1.29 is 9.90 Å². The van der Waals surface area contributed by atoms with E-state index in [1.165, 1.54) is 32.1 Å². The molecule has 0 aliphatic heterocycles. The van der Waals surface area contributed by atoms with Crippen LogP contribution in [-0.4, -0.2) is 23.2 Å². The molecule has 4 unspecified atom stereocenters. The van der Waals surface area contributed by atoms with E-state index in [0.717, 1.165) is 31.1 Å². The number of amides is 1. The highest BCUT2D eigenvalue weighted by Crippen LogP contribution is 2.42. The molecule has 0 saturated heterocycles. The molecule has 1 amide bonds. The van der Waals surface area contributed by atoms with Crippen LogP contribution in [0.3, 0.4) is 0 Å². The fraction of sp³-hybridized carbons (Fsp3) is 0.941. The van der Waals surface area contributed by atoms with E-state index in [4.69, 9.17) is 5.11 Å². The van der Waals surface area contributed by atoms with Crippen molar-refractivity contribution in [3.05, 3.63) is 0 Å². The zero-order chi connectivity index (χ0) is 14.6. The van der Waals surface area contributed by atoms with Crippen LogP contribution in [0.1, 0.15) is 71.6 Å². The average molecular weight is 281 g/mol. The van der Waals surface area contributed by atoms with E-state index >= 15 is 0 Å². The van der Waals surface area contributed by atoms with Crippen LogP contribution in [0, 0.1) is 17.8 Å². The summed E-state index contributed by atoms with van der Waals surface area (Å²) in [4.78, 5) is 12.5. The molecule has 116 valence electrons. The lowest BCUT2D eigenvalue weighted by Gasteiger charge is -2.40. The van der Waals surface area contributed by atoms with Crippen LogP contribution >= 0.6 is 0 Å². The summed E-state index contributed by atoms with van der Waals surface area (Å²) in [5, 5.41) is 12.4. The molecule has 0 heterocycles. The van der Waals surface area contributed by atoms with Crippen molar-refractivity contribution in [3.63, 3.8) is 0 Å². The topological polar surface area (TPSA) is 49.3 Å². The van der Waals surface area contributed by atoms with Crippen LogP contribution in [0.2, 0.25) is 0 Å². The van der Waals surface area contributed by atoms with Crippen LogP contribution in [-0.2, 0) is 4.79 Å². The molecular weight excluding hydrogens is 250 g/mol. The van der Waals surface area contributed by atoms with Gasteiger partial charge in [0.1, 0.15) is 0 Å². The van der Waals surface area contributed by atoms with Crippen LogP contribution in [0.5, 0.6) is 0 Å². The van der Waals surface area contributed by atoms with Crippen molar-refractivity contribution in [2.24, 2.45) is 17.8 Å². The molecule has 2 fully saturated rings. The Morgan fingerprint density at radius 2 is 1.90 bits per heavy atom. The minimum absolute atomic E-state index is 0.139. The number of rotatable bonds is 5. The molecule has 2 N–H and O–H groups in total. The van der Waals surface area contributed by atoms with E-state index in [9.17, 15) is 4.79 Å². The molecule has 3 heteroatoms. The van der Waals surface area contributed by atoms with Crippen molar-refractivity contribution in [1.82, 2.24) is 5.32 Å². The van der Waals surface area contributed by atoms with Crippen molar-refractivity contribution in [2.45, 2.75) is 77.2 Å². The number of aliphatic hydroxyl groups excluding tert-OH is 1. The van der Waals surface area contributed by atoms with Crippen molar-refractivity contribution in [3.8, 4) is 0 Å². The van der Waals surface area contributed by atoms with Crippen molar-refractivity contribution in [1.29, 1.82) is 0 Å². The smallest absolute Gasteiger partial charge is 0.223 e. The van der Waals surface area contributed by atoms with Gasteiger partial charge >= 0.3 is 0 Å². The molecule has 0 bridgehead atoms. The molecule has 0 spiro atoms. The van der Waals surface area contributed by atoms with Crippen molar-refractivity contribution in [2.75, 3.05) is 6.61 Å². The zero-order valence-corrected chi connectivity index (χ0v) is 13.2. The summed E-state index contributed by atoms with van der Waals surface area (Å²) >= 11 is 0. The number of aliphatic hydroxyl groups is 1. The predicted molar refractivity (Wildman–Crippen MR) is 81.3 cm³/mol. The number of carbonyl (C=O) groups excluding carboxylic acids is 1. The van der Waals surface area contributed by atoms with Crippen LogP contribution in [0.15, 0.2) is 0 Å². The standard InChI is InChI=1S/C17H31NO2/c1-3-17(2,10-11-19)18-16(20)15-9-8-13-6-4-5-7-14(13)12-15/h13-15,19H,3-12H2,1-2H3,(H,18,20). The normalized spacial score (nSPS) is 33.0. The highest BCUT2D eigenvalue weighted by atomic mass is 16.3. The summed E-state index contributed by atoms with van der Waals surface area (Å²) in [7, 11) is 0. The van der Waals surface area contributed by atoms with Gasteiger partial charge in [0.15, 0.2) is 0 Å². The second-order valence-electron chi connectivity index (χ2n) is 7.19. The lowest BCUT2D eigenvalue weighted by atomic mass is 9.67. The van der Waals surface area contributed by atoms with E-state index in [1.807, 2.05) is 6.92 Å². The average Bonchev–Trinajstić information content (AvgIpc) is 2.47. The summed E-state index contributed by atoms with van der Waals surface area (Å²) in [5.41, 5.74) is -0.241. The quantitative estimate of drug-likeness (QED) is 0.812. The minimum Gasteiger partial charge on any atom is -0.396 e. The first kappa shape index (κ1) is 15.8. The molecule has 0 radical (unpaired) electrons. The molecule has 0 aromatic rings. The van der Waals surface area contributed by atoms with E-state index < -0.39 is 0 Å². The second kappa shape index (κ2) is 6.93. The third-order valence-corrected chi connectivity index (χ3v) is 5.78. The molecular formula is C17H31NO2. The Morgan fingerprint density at radius 1 is 1.20 bits per heavy atom. The first-order valence-electron chi connectivity index (χ1n) is 8.51. The number of hydrogen-bond acceptors (Lipinski definition) is 2. The Balaban J connectivity index is 1.89. The van der Waals surface area contributed by atoms with Crippen LogP contribution in [0.4, 0.5) is 0 Å². The molecule has 2 aliphatic rings. The molecule has 3 nitrogen and oxygen atoms in total. The molecule has 0 aromatic heterocycles. The minimum atomic E-state index is -0.241. The van der Waals surface area contributed by atoms with Gasteiger partial charge < -0.3 is 10.4 Å². The van der Waals surface area contributed by atoms with E-state index in [0.29, 0.717) is 6.42 Å². The molecule has 4 atom stereocenters. The first-order chi connectivity index (χ1) is 9.58. The molecule has 0 aromatic carbocycles. The second-order valence-corrected chi connectivity index (χ2v) is 7.19. The monoisotopic (exact) mass is 281 g/mol. The Morgan fingerprint density at radius 3 is 2.55 bits per heavy atom. The Kier molecular flexibility index (Phi) is 5.48. The van der Waals surface area contributed by atoms with Gasteiger partial charge in [0, 0.05) is 18.1 Å².